The number of rotatable bonds is 3. The average molecular weight is 362 g/mol. The van der Waals surface area contributed by atoms with E-state index >= 15 is 0 Å². The zero-order valence-electron chi connectivity index (χ0n) is 14.8. The van der Waals surface area contributed by atoms with E-state index in [1.807, 2.05) is 31.5 Å². The third kappa shape index (κ3) is 2.50. The maximum atomic E-state index is 6.14. The number of hydrogen-bond donors (Lipinski definition) is 1. The van der Waals surface area contributed by atoms with E-state index in [9.17, 15) is 0 Å². The Hall–Kier alpha value is -2.99. The second-order valence-electron chi connectivity index (χ2n) is 6.04. The SMILES string of the molecule is C/C=C(\C=NC)c1cnc(N)c2oc(-c3ccc(C)c4cnsc34)cc12. The third-order valence-electron chi connectivity index (χ3n) is 4.48. The Labute approximate surface area is 155 Å². The van der Waals surface area contributed by atoms with Crippen molar-refractivity contribution in [2.45, 2.75) is 13.8 Å². The van der Waals surface area contributed by atoms with Crippen molar-refractivity contribution in [3.63, 3.8) is 0 Å². The summed E-state index contributed by atoms with van der Waals surface area (Å²) in [6.45, 7) is 4.06. The fraction of sp³-hybridized carbons (Fsp3) is 0.150. The normalized spacial score (nSPS) is 12.7. The Morgan fingerprint density at radius 1 is 1.27 bits per heavy atom. The van der Waals surface area contributed by atoms with Crippen molar-refractivity contribution in [2.24, 2.45) is 4.99 Å². The number of pyridine rings is 1. The quantitative estimate of drug-likeness (QED) is 0.514. The zero-order valence-corrected chi connectivity index (χ0v) is 15.6. The van der Waals surface area contributed by atoms with Crippen LogP contribution >= 0.6 is 11.5 Å². The van der Waals surface area contributed by atoms with Crippen molar-refractivity contribution in [1.29, 1.82) is 0 Å². The molecule has 26 heavy (non-hydrogen) atoms. The summed E-state index contributed by atoms with van der Waals surface area (Å²) < 4.78 is 11.6. The van der Waals surface area contributed by atoms with Crippen LogP contribution in [0, 0.1) is 6.92 Å². The van der Waals surface area contributed by atoms with Gasteiger partial charge in [-0.1, -0.05) is 12.1 Å². The predicted molar refractivity (Wildman–Crippen MR) is 110 cm³/mol. The van der Waals surface area contributed by atoms with E-state index in [4.69, 9.17) is 10.2 Å². The average Bonchev–Trinajstić information content (AvgIpc) is 3.29. The van der Waals surface area contributed by atoms with Gasteiger partial charge in [-0.3, -0.25) is 4.99 Å². The van der Waals surface area contributed by atoms with Crippen LogP contribution in [0.5, 0.6) is 0 Å². The fourth-order valence-electron chi connectivity index (χ4n) is 3.13. The van der Waals surface area contributed by atoms with Crippen LogP contribution < -0.4 is 5.73 Å². The number of aromatic nitrogens is 2. The van der Waals surface area contributed by atoms with Crippen LogP contribution in [0.2, 0.25) is 0 Å². The third-order valence-corrected chi connectivity index (χ3v) is 5.32. The van der Waals surface area contributed by atoms with Gasteiger partial charge < -0.3 is 10.2 Å². The van der Waals surface area contributed by atoms with Crippen molar-refractivity contribution in [1.82, 2.24) is 9.36 Å². The lowest BCUT2D eigenvalue weighted by atomic mass is 10.0. The van der Waals surface area contributed by atoms with Crippen LogP contribution in [-0.4, -0.2) is 22.6 Å². The number of furan rings is 1. The first-order valence-corrected chi connectivity index (χ1v) is 9.02. The van der Waals surface area contributed by atoms with E-state index in [-0.39, 0.29) is 0 Å². The summed E-state index contributed by atoms with van der Waals surface area (Å²) in [5.41, 5.74) is 10.8. The number of nitrogens with two attached hydrogens (primary N) is 1. The van der Waals surface area contributed by atoms with Gasteiger partial charge >= 0.3 is 0 Å². The molecule has 5 nitrogen and oxygen atoms in total. The maximum Gasteiger partial charge on any atom is 0.177 e. The standard InChI is InChI=1S/C20H18N4OS/c1-4-12(8-22-3)16-9-23-20(21)18-14(16)7-17(25-18)13-6-5-11(2)15-10-24-26-19(13)15/h4-10H,1-3H3,(H2,21,23)/b12-4+,22-8?. The van der Waals surface area contributed by atoms with Crippen molar-refractivity contribution in [2.75, 3.05) is 12.8 Å². The Morgan fingerprint density at radius 2 is 2.12 bits per heavy atom. The first-order chi connectivity index (χ1) is 12.6. The topological polar surface area (TPSA) is 77.3 Å². The summed E-state index contributed by atoms with van der Waals surface area (Å²) in [7, 11) is 1.75. The van der Waals surface area contributed by atoms with Gasteiger partial charge in [0.25, 0.3) is 0 Å². The molecule has 3 heterocycles. The molecule has 0 unspecified atom stereocenters. The number of benzene rings is 1. The lowest BCUT2D eigenvalue weighted by molar-refractivity contribution is 0.632. The summed E-state index contributed by atoms with van der Waals surface area (Å²) >= 11 is 1.47. The van der Waals surface area contributed by atoms with Gasteiger partial charge in [-0.25, -0.2) is 4.98 Å². The first kappa shape index (κ1) is 16.5. The molecule has 0 aliphatic carbocycles. The molecular formula is C20H18N4OS. The number of aliphatic imine (C=N–C) groups is 1. The highest BCUT2D eigenvalue weighted by Gasteiger charge is 2.17. The molecule has 0 saturated heterocycles. The molecule has 4 aromatic rings. The Kier molecular flexibility index (Phi) is 4.05. The number of anilines is 1. The molecule has 2 N–H and O–H groups in total. The molecule has 0 atom stereocenters. The van der Waals surface area contributed by atoms with Gasteiger partial charge in [0.2, 0.25) is 0 Å². The minimum absolute atomic E-state index is 0.381. The molecule has 0 saturated carbocycles. The highest BCUT2D eigenvalue weighted by Crippen LogP contribution is 2.38. The van der Waals surface area contributed by atoms with Crippen molar-refractivity contribution in [3.8, 4) is 11.3 Å². The summed E-state index contributed by atoms with van der Waals surface area (Å²) in [6.07, 6.45) is 7.48. The Morgan fingerprint density at radius 3 is 2.88 bits per heavy atom. The van der Waals surface area contributed by atoms with E-state index in [0.717, 1.165) is 37.9 Å². The molecular weight excluding hydrogens is 344 g/mol. The predicted octanol–water partition coefficient (Wildman–Crippen LogP) is 5.10. The monoisotopic (exact) mass is 362 g/mol. The molecule has 1 aromatic carbocycles. The van der Waals surface area contributed by atoms with Gasteiger partial charge in [0, 0.05) is 47.6 Å². The molecule has 4 rings (SSSR count). The summed E-state index contributed by atoms with van der Waals surface area (Å²) in [4.78, 5) is 8.44. The molecule has 0 aliphatic rings. The van der Waals surface area contributed by atoms with Crippen LogP contribution in [-0.2, 0) is 0 Å². The van der Waals surface area contributed by atoms with Gasteiger partial charge in [-0.05, 0) is 48.6 Å². The number of hydrogen-bond acceptors (Lipinski definition) is 6. The van der Waals surface area contributed by atoms with E-state index < -0.39 is 0 Å². The summed E-state index contributed by atoms with van der Waals surface area (Å²) in [6, 6.07) is 6.18. The van der Waals surface area contributed by atoms with Gasteiger partial charge in [0.1, 0.15) is 5.76 Å². The highest BCUT2D eigenvalue weighted by molar-refractivity contribution is 7.14. The molecule has 0 radical (unpaired) electrons. The molecule has 0 bridgehead atoms. The number of allylic oxidation sites excluding steroid dienone is 2. The molecule has 3 aromatic heterocycles. The summed E-state index contributed by atoms with van der Waals surface area (Å²) in [5, 5.41) is 2.07. The van der Waals surface area contributed by atoms with Crippen LogP contribution in [0.15, 0.2) is 46.1 Å². The van der Waals surface area contributed by atoms with Crippen molar-refractivity contribution in [3.05, 3.63) is 47.8 Å². The van der Waals surface area contributed by atoms with Crippen molar-refractivity contribution < 1.29 is 4.42 Å². The second-order valence-corrected chi connectivity index (χ2v) is 6.84. The molecule has 0 fully saturated rings. The van der Waals surface area contributed by atoms with Crippen molar-refractivity contribution >= 4 is 50.2 Å². The van der Waals surface area contributed by atoms with E-state index in [2.05, 4.69) is 33.4 Å². The number of fused-ring (bicyclic) bond motifs is 2. The Bertz CT molecular complexity index is 1180. The lowest BCUT2D eigenvalue weighted by Gasteiger charge is -2.03. The van der Waals surface area contributed by atoms with Crippen LogP contribution in [0.1, 0.15) is 18.1 Å². The second kappa shape index (κ2) is 6.38. The minimum Gasteiger partial charge on any atom is -0.452 e. The van der Waals surface area contributed by atoms with Gasteiger partial charge in [0.15, 0.2) is 11.4 Å². The first-order valence-electron chi connectivity index (χ1n) is 8.25. The van der Waals surface area contributed by atoms with Gasteiger partial charge in [0.05, 0.1) is 4.70 Å². The molecule has 130 valence electrons. The molecule has 0 aliphatic heterocycles. The van der Waals surface area contributed by atoms with Gasteiger partial charge in [-0.15, -0.1) is 0 Å². The van der Waals surface area contributed by atoms with E-state index in [1.54, 1.807) is 13.2 Å². The lowest BCUT2D eigenvalue weighted by Crippen LogP contribution is -1.94. The van der Waals surface area contributed by atoms with E-state index in [0.29, 0.717) is 11.4 Å². The number of aryl methyl sites for hydroxylation is 1. The molecule has 6 heteroatoms. The zero-order chi connectivity index (χ0) is 18.3. The largest absolute Gasteiger partial charge is 0.452 e. The van der Waals surface area contributed by atoms with Crippen LogP contribution in [0.3, 0.4) is 0 Å². The Balaban J connectivity index is 2.00. The summed E-state index contributed by atoms with van der Waals surface area (Å²) in [5.74, 6) is 1.14. The maximum absolute atomic E-state index is 6.14. The minimum atomic E-state index is 0.381. The van der Waals surface area contributed by atoms with E-state index in [1.165, 1.54) is 17.1 Å². The fourth-order valence-corrected chi connectivity index (χ4v) is 3.97. The number of nitrogens with zero attached hydrogens (tertiary/aromatic N) is 3. The smallest absolute Gasteiger partial charge is 0.177 e. The molecule has 0 amide bonds. The number of nitrogen functional groups attached to an aromatic ring is 1. The van der Waals surface area contributed by atoms with Gasteiger partial charge in [-0.2, -0.15) is 4.37 Å². The highest BCUT2D eigenvalue weighted by atomic mass is 32.1. The van der Waals surface area contributed by atoms with Crippen LogP contribution in [0.4, 0.5) is 5.82 Å². The molecule has 0 spiro atoms. The van der Waals surface area contributed by atoms with Crippen LogP contribution in [0.25, 0.3) is 38.0 Å².